The van der Waals surface area contributed by atoms with E-state index >= 15 is 0 Å². The maximum Gasteiger partial charge on any atom is 0.407 e. The topological polar surface area (TPSA) is 231 Å². The summed E-state index contributed by atoms with van der Waals surface area (Å²) in [5, 5.41) is 17.5. The summed E-state index contributed by atoms with van der Waals surface area (Å²) >= 11 is 0. The number of rotatable bonds is 19. The first kappa shape index (κ1) is 43.2. The second kappa shape index (κ2) is 20.9. The SMILES string of the molecule is CC(=O)NC1C(OC(C)=O)[C@H](OC(C)=O)C(COC(C)=O)O[C@H]1OCCCC(=O)NCCCC[C@H](NC(=O)OCC1c2ccccc2-c2ccccc21)C(=O)O. The molecular weight excluding hydrogens is 734 g/mol. The molecule has 0 aromatic heterocycles. The van der Waals surface area contributed by atoms with Crippen LogP contribution < -0.4 is 16.0 Å². The van der Waals surface area contributed by atoms with Crippen molar-refractivity contribution < 1.29 is 67.1 Å². The highest BCUT2D eigenvalue weighted by Gasteiger charge is 2.51. The van der Waals surface area contributed by atoms with Gasteiger partial charge in [0, 0.05) is 46.6 Å². The molecule has 4 N–H and O–H groups in total. The molecule has 1 saturated heterocycles. The van der Waals surface area contributed by atoms with Crippen molar-refractivity contribution >= 4 is 41.8 Å². The fourth-order valence-corrected chi connectivity index (χ4v) is 6.69. The lowest BCUT2D eigenvalue weighted by Gasteiger charge is -2.44. The number of nitrogens with one attached hydrogen (secondary N) is 3. The minimum atomic E-state index is -1.27. The largest absolute Gasteiger partial charge is 0.480 e. The molecule has 17 nitrogen and oxygen atoms in total. The smallest absolute Gasteiger partial charge is 0.407 e. The molecule has 3 amide bonds. The van der Waals surface area contributed by atoms with Crippen LogP contribution in [-0.4, -0.2) is 110 Å². The van der Waals surface area contributed by atoms with Gasteiger partial charge in [-0.3, -0.25) is 24.0 Å². The summed E-state index contributed by atoms with van der Waals surface area (Å²) < 4.78 is 33.2. The lowest BCUT2D eigenvalue weighted by Crippen LogP contribution is -2.66. The molecule has 1 fully saturated rings. The number of carboxylic acid groups (broad SMARTS) is 1. The van der Waals surface area contributed by atoms with E-state index in [0.29, 0.717) is 12.8 Å². The van der Waals surface area contributed by atoms with Crippen LogP contribution in [0.2, 0.25) is 0 Å². The molecule has 0 bridgehead atoms. The Morgan fingerprint density at radius 1 is 0.768 bits per heavy atom. The third kappa shape index (κ3) is 12.5. The number of esters is 3. The second-order valence-electron chi connectivity index (χ2n) is 13.4. The summed E-state index contributed by atoms with van der Waals surface area (Å²) in [6.07, 6.45) is -4.53. The molecule has 1 aliphatic carbocycles. The number of carbonyl (C=O) groups is 7. The van der Waals surface area contributed by atoms with Crippen LogP contribution >= 0.6 is 0 Å². The molecule has 1 heterocycles. The summed E-state index contributed by atoms with van der Waals surface area (Å²) in [7, 11) is 0. The van der Waals surface area contributed by atoms with Gasteiger partial charge in [-0.2, -0.15) is 0 Å². The van der Waals surface area contributed by atoms with Crippen molar-refractivity contribution in [2.45, 2.75) is 102 Å². The summed E-state index contributed by atoms with van der Waals surface area (Å²) in [5.74, 6) is -4.31. The fraction of sp³-hybridized carbons (Fsp3) is 0.513. The van der Waals surface area contributed by atoms with E-state index in [2.05, 4.69) is 16.0 Å². The first-order valence-corrected chi connectivity index (χ1v) is 18.4. The van der Waals surface area contributed by atoms with E-state index in [0.717, 1.165) is 36.1 Å². The molecule has 2 aromatic carbocycles. The van der Waals surface area contributed by atoms with Gasteiger partial charge in [0.2, 0.25) is 11.8 Å². The highest BCUT2D eigenvalue weighted by molar-refractivity contribution is 5.81. The van der Waals surface area contributed by atoms with Crippen molar-refractivity contribution in [3.63, 3.8) is 0 Å². The van der Waals surface area contributed by atoms with E-state index < -0.39 is 72.6 Å². The van der Waals surface area contributed by atoms with E-state index in [1.807, 2.05) is 48.5 Å². The average Bonchev–Trinajstić information content (AvgIpc) is 3.46. The minimum absolute atomic E-state index is 0.0404. The van der Waals surface area contributed by atoms with Gasteiger partial charge >= 0.3 is 30.0 Å². The second-order valence-corrected chi connectivity index (χ2v) is 13.4. The van der Waals surface area contributed by atoms with Crippen LogP contribution in [0.25, 0.3) is 11.1 Å². The molecule has 304 valence electrons. The molecule has 2 aliphatic rings. The Balaban J connectivity index is 1.19. The molecule has 6 atom stereocenters. The molecule has 0 spiro atoms. The Morgan fingerprint density at radius 2 is 1.39 bits per heavy atom. The third-order valence-electron chi connectivity index (χ3n) is 9.08. The fourth-order valence-electron chi connectivity index (χ4n) is 6.69. The molecular formula is C39H49N3O14. The van der Waals surface area contributed by atoms with Gasteiger partial charge in [-0.1, -0.05) is 48.5 Å². The number of benzene rings is 2. The highest BCUT2D eigenvalue weighted by atomic mass is 16.7. The Hall–Kier alpha value is -5.55. The van der Waals surface area contributed by atoms with Crippen molar-refractivity contribution in [2.24, 2.45) is 0 Å². The summed E-state index contributed by atoms with van der Waals surface area (Å²) in [6.45, 7) is 4.55. The standard InChI is InChI=1S/C39H49N3O14/c1-22(43)41-34-36(55-25(4)46)35(54-24(3)45)32(21-52-23(2)44)56-38(34)51-19-11-17-33(47)40-18-10-9-16-31(37(48)49)42-39(50)53-20-30-28-14-7-5-12-26(28)27-13-6-8-15-29(27)30/h5-8,12-15,30-32,34-36,38H,9-11,16-21H2,1-4H3,(H,40,47)(H,41,43)(H,42,50)(H,48,49)/t31-,32?,34?,35+,36?,38+/m0/s1. The van der Waals surface area contributed by atoms with Gasteiger partial charge in [0.15, 0.2) is 18.5 Å². The number of hydrogen-bond acceptors (Lipinski definition) is 13. The number of unbranched alkanes of at least 4 members (excludes halogenated alkanes) is 1. The number of ether oxygens (including phenoxy) is 6. The van der Waals surface area contributed by atoms with Gasteiger partial charge in [0.05, 0.1) is 6.61 Å². The molecule has 3 unspecified atom stereocenters. The van der Waals surface area contributed by atoms with E-state index in [4.69, 9.17) is 28.4 Å². The van der Waals surface area contributed by atoms with Gasteiger partial charge in [-0.05, 0) is 47.9 Å². The summed E-state index contributed by atoms with van der Waals surface area (Å²) in [6, 6.07) is 13.5. The average molecular weight is 784 g/mol. The monoisotopic (exact) mass is 783 g/mol. The first-order chi connectivity index (χ1) is 26.7. The van der Waals surface area contributed by atoms with Gasteiger partial charge in [0.1, 0.15) is 31.4 Å². The molecule has 2 aromatic rings. The summed E-state index contributed by atoms with van der Waals surface area (Å²) in [4.78, 5) is 84.6. The van der Waals surface area contributed by atoms with Crippen molar-refractivity contribution in [1.82, 2.24) is 16.0 Å². The Bertz CT molecular complexity index is 1690. The van der Waals surface area contributed by atoms with Gasteiger partial charge in [-0.25, -0.2) is 9.59 Å². The third-order valence-corrected chi connectivity index (χ3v) is 9.08. The number of carbonyl (C=O) groups excluding carboxylic acids is 6. The van der Waals surface area contributed by atoms with Crippen molar-refractivity contribution in [2.75, 3.05) is 26.4 Å². The van der Waals surface area contributed by atoms with Gasteiger partial charge in [-0.15, -0.1) is 0 Å². The number of alkyl carbamates (subject to hydrolysis) is 1. The zero-order valence-corrected chi connectivity index (χ0v) is 31.8. The van der Waals surface area contributed by atoms with Gasteiger partial charge in [0.25, 0.3) is 0 Å². The van der Waals surface area contributed by atoms with Crippen LogP contribution in [0.3, 0.4) is 0 Å². The maximum atomic E-state index is 12.6. The molecule has 56 heavy (non-hydrogen) atoms. The van der Waals surface area contributed by atoms with Crippen molar-refractivity contribution in [1.29, 1.82) is 0 Å². The predicted molar refractivity (Wildman–Crippen MR) is 196 cm³/mol. The van der Waals surface area contributed by atoms with Crippen molar-refractivity contribution in [3.05, 3.63) is 59.7 Å². The van der Waals surface area contributed by atoms with E-state index in [-0.39, 0.29) is 57.5 Å². The highest BCUT2D eigenvalue weighted by Crippen LogP contribution is 2.44. The number of carboxylic acids is 1. The van der Waals surface area contributed by atoms with E-state index in [1.165, 1.54) is 13.8 Å². The number of amides is 3. The van der Waals surface area contributed by atoms with E-state index in [1.54, 1.807) is 0 Å². The summed E-state index contributed by atoms with van der Waals surface area (Å²) in [5.41, 5.74) is 4.23. The minimum Gasteiger partial charge on any atom is -0.480 e. The Labute approximate surface area is 324 Å². The zero-order chi connectivity index (χ0) is 40.8. The predicted octanol–water partition coefficient (Wildman–Crippen LogP) is 2.72. The normalized spacial score (nSPS) is 20.3. The van der Waals surface area contributed by atoms with Crippen molar-refractivity contribution in [3.8, 4) is 11.1 Å². The molecule has 4 rings (SSSR count). The van der Waals surface area contributed by atoms with Crippen LogP contribution in [0.4, 0.5) is 4.79 Å². The molecule has 17 heteroatoms. The molecule has 0 saturated carbocycles. The number of fused-ring (bicyclic) bond motifs is 3. The molecule has 0 radical (unpaired) electrons. The van der Waals surface area contributed by atoms with Crippen LogP contribution in [0.5, 0.6) is 0 Å². The van der Waals surface area contributed by atoms with Crippen LogP contribution in [-0.2, 0) is 57.2 Å². The lowest BCUT2D eigenvalue weighted by molar-refractivity contribution is -0.277. The van der Waals surface area contributed by atoms with Crippen LogP contribution in [0.15, 0.2) is 48.5 Å². The van der Waals surface area contributed by atoms with Crippen LogP contribution in [0.1, 0.15) is 76.8 Å². The zero-order valence-electron chi connectivity index (χ0n) is 31.8. The maximum absolute atomic E-state index is 12.6. The first-order valence-electron chi connectivity index (χ1n) is 18.4. The lowest BCUT2D eigenvalue weighted by atomic mass is 9.96. The quantitative estimate of drug-likeness (QED) is 0.0913. The Kier molecular flexibility index (Phi) is 16.1. The van der Waals surface area contributed by atoms with Gasteiger partial charge < -0.3 is 49.5 Å². The van der Waals surface area contributed by atoms with E-state index in [9.17, 15) is 38.7 Å². The molecule has 1 aliphatic heterocycles. The van der Waals surface area contributed by atoms with Crippen LogP contribution in [0, 0.1) is 0 Å². The number of hydrogen-bond donors (Lipinski definition) is 4. The Morgan fingerprint density at radius 3 is 1.98 bits per heavy atom. The number of aliphatic carboxylic acids is 1.